The quantitative estimate of drug-likeness (QED) is 0.320. The van der Waals surface area contributed by atoms with Gasteiger partial charge in [0, 0.05) is 13.7 Å². The molecule has 1 atom stereocenters. The van der Waals surface area contributed by atoms with Crippen LogP contribution in [-0.2, 0) is 13.7 Å². The molecule has 0 aromatic heterocycles. The van der Waals surface area contributed by atoms with Gasteiger partial charge in [-0.1, -0.05) is 34.9 Å². The van der Waals surface area contributed by atoms with Crippen molar-refractivity contribution >= 4 is 15.1 Å². The first kappa shape index (κ1) is 24.5. The molecule has 0 aliphatic rings. The van der Waals surface area contributed by atoms with Gasteiger partial charge in [-0.25, -0.2) is 5.09 Å². The van der Waals surface area contributed by atoms with Crippen molar-refractivity contribution < 1.29 is 23.4 Å². The van der Waals surface area contributed by atoms with Crippen LogP contribution in [0.1, 0.15) is 53.4 Å². The second-order valence-corrected chi connectivity index (χ2v) is 11.0. The molecule has 0 spiro atoms. The molecule has 0 amide bonds. The van der Waals surface area contributed by atoms with Crippen LogP contribution in [0, 0.1) is 0 Å². The summed E-state index contributed by atoms with van der Waals surface area (Å²) in [5.41, 5.74) is 3.83. The summed E-state index contributed by atoms with van der Waals surface area (Å²) in [5.74, 6) is -0.795. The summed E-state index contributed by atoms with van der Waals surface area (Å²) < 4.78 is 27.9. The Kier molecular flexibility index (Phi) is 11.8. The van der Waals surface area contributed by atoms with Gasteiger partial charge >= 0.3 is 7.60 Å². The van der Waals surface area contributed by atoms with Crippen LogP contribution in [0.15, 0.2) is 34.9 Å². The van der Waals surface area contributed by atoms with E-state index in [0.717, 1.165) is 31.3 Å². The number of nitrogens with one attached hydrogen (secondary N) is 1. The molecule has 0 aromatic carbocycles. The summed E-state index contributed by atoms with van der Waals surface area (Å²) in [6.45, 7) is 8.57. The smallest absolute Gasteiger partial charge is 0.324 e. The van der Waals surface area contributed by atoms with Gasteiger partial charge in [0.1, 0.15) is 5.90 Å². The molecule has 0 fully saturated rings. The number of allylic oxidation sites excluding steroid dienone is 5. The molecule has 0 aromatic rings. The second-order valence-electron chi connectivity index (χ2n) is 6.48. The van der Waals surface area contributed by atoms with E-state index in [1.165, 1.54) is 18.3 Å². The van der Waals surface area contributed by atoms with Gasteiger partial charge in [-0.15, -0.1) is 0 Å². The summed E-state index contributed by atoms with van der Waals surface area (Å²) >= 11 is 0. The Hall–Kier alpha value is -0.480. The fraction of sp³-hybridized carbons (Fsp3) is 0.647. The molecule has 0 bridgehead atoms. The molecule has 0 saturated heterocycles. The van der Waals surface area contributed by atoms with Gasteiger partial charge < -0.3 is 14.3 Å². The van der Waals surface area contributed by atoms with Gasteiger partial charge in [0.15, 0.2) is 0 Å². The Labute approximate surface area is 152 Å². The lowest BCUT2D eigenvalue weighted by Crippen LogP contribution is -2.14. The molecular weight excluding hydrogens is 360 g/mol. The molecule has 0 rings (SSSR count). The maximum absolute atomic E-state index is 12.2. The van der Waals surface area contributed by atoms with Crippen LogP contribution in [0.2, 0.25) is 0 Å². The van der Waals surface area contributed by atoms with E-state index >= 15 is 0 Å². The molecule has 0 saturated carbocycles. The van der Waals surface area contributed by atoms with Crippen LogP contribution in [0.5, 0.6) is 0 Å². The molecule has 6 nitrogen and oxygen atoms in total. The van der Waals surface area contributed by atoms with Gasteiger partial charge in [-0.05, 0) is 53.4 Å². The van der Waals surface area contributed by atoms with Gasteiger partial charge in [0.2, 0.25) is 0 Å². The fourth-order valence-corrected chi connectivity index (χ4v) is 5.41. The lowest BCUT2D eigenvalue weighted by molar-refractivity contribution is 0.363. The van der Waals surface area contributed by atoms with Crippen molar-refractivity contribution in [2.45, 2.75) is 53.4 Å². The first-order valence-corrected chi connectivity index (χ1v) is 12.0. The minimum Gasteiger partial charge on any atom is -0.324 e. The van der Waals surface area contributed by atoms with Crippen molar-refractivity contribution in [1.29, 1.82) is 0 Å². The second kappa shape index (κ2) is 12.0. The minimum absolute atomic E-state index is 0.250. The average Bonchev–Trinajstić information content (AvgIpc) is 2.45. The first-order valence-electron chi connectivity index (χ1n) is 8.36. The Morgan fingerprint density at radius 2 is 1.48 bits per heavy atom. The van der Waals surface area contributed by atoms with E-state index in [4.69, 9.17) is 14.3 Å². The van der Waals surface area contributed by atoms with Crippen LogP contribution in [-0.4, -0.2) is 29.3 Å². The third-order valence-corrected chi connectivity index (χ3v) is 7.79. The van der Waals surface area contributed by atoms with Crippen molar-refractivity contribution in [2.24, 2.45) is 0 Å². The molecule has 25 heavy (non-hydrogen) atoms. The standard InChI is InChI=1S/C17H33NO5P2/c1-15(2)8-6-9-16(3)10-7-11-17(4)12-13-18-24(19,23-5)14-25(20,21)22/h8,10,12H,6-7,9,11,13-14H2,1-5H3,(H,18,19)(H2,20,21,22). The van der Waals surface area contributed by atoms with E-state index in [0.29, 0.717) is 0 Å². The average molecular weight is 393 g/mol. The predicted octanol–water partition coefficient (Wildman–Crippen LogP) is 4.97. The summed E-state index contributed by atoms with van der Waals surface area (Å²) in [5, 5.41) is 2.61. The zero-order chi connectivity index (χ0) is 19.5. The SMILES string of the molecule is COP(=O)(CP(=O)(O)O)NCC=C(C)CCC=C(C)CCC=C(C)C. The molecule has 146 valence electrons. The molecule has 8 heteroatoms. The topological polar surface area (TPSA) is 95.9 Å². The summed E-state index contributed by atoms with van der Waals surface area (Å²) in [6, 6.07) is 0. The Bertz CT molecular complexity index is 586. The van der Waals surface area contributed by atoms with Crippen LogP contribution in [0.4, 0.5) is 0 Å². The van der Waals surface area contributed by atoms with Crippen LogP contribution < -0.4 is 5.09 Å². The molecule has 1 unspecified atom stereocenters. The highest BCUT2D eigenvalue weighted by Crippen LogP contribution is 2.54. The van der Waals surface area contributed by atoms with E-state index in [-0.39, 0.29) is 6.54 Å². The van der Waals surface area contributed by atoms with E-state index < -0.39 is 21.0 Å². The molecular formula is C17H33NO5P2. The molecule has 0 aliphatic heterocycles. The highest BCUT2D eigenvalue weighted by Gasteiger charge is 2.31. The van der Waals surface area contributed by atoms with Crippen molar-refractivity contribution in [3.63, 3.8) is 0 Å². The number of hydrogen-bond acceptors (Lipinski definition) is 3. The Morgan fingerprint density at radius 1 is 0.960 bits per heavy atom. The maximum Gasteiger partial charge on any atom is 0.336 e. The normalized spacial score (nSPS) is 15.8. The maximum atomic E-state index is 12.2. The van der Waals surface area contributed by atoms with Gasteiger partial charge in [-0.2, -0.15) is 0 Å². The highest BCUT2D eigenvalue weighted by molar-refractivity contribution is 7.72. The van der Waals surface area contributed by atoms with Gasteiger partial charge in [-0.3, -0.25) is 9.13 Å². The van der Waals surface area contributed by atoms with Gasteiger partial charge in [0.05, 0.1) is 0 Å². The van der Waals surface area contributed by atoms with E-state index in [2.05, 4.69) is 38.0 Å². The van der Waals surface area contributed by atoms with Gasteiger partial charge in [0.25, 0.3) is 7.52 Å². The molecule has 0 aliphatic carbocycles. The summed E-state index contributed by atoms with van der Waals surface area (Å²) in [7, 11) is -6.73. The summed E-state index contributed by atoms with van der Waals surface area (Å²) in [6.07, 6.45) is 10.3. The lowest BCUT2D eigenvalue weighted by Gasteiger charge is -2.17. The molecule has 0 heterocycles. The number of rotatable bonds is 12. The van der Waals surface area contributed by atoms with Crippen LogP contribution >= 0.6 is 15.1 Å². The van der Waals surface area contributed by atoms with E-state index in [1.54, 1.807) is 0 Å². The molecule has 3 N–H and O–H groups in total. The fourth-order valence-electron chi connectivity index (χ4n) is 2.11. The van der Waals surface area contributed by atoms with E-state index in [9.17, 15) is 9.13 Å². The summed E-state index contributed by atoms with van der Waals surface area (Å²) in [4.78, 5) is 17.9. The van der Waals surface area contributed by atoms with Crippen molar-refractivity contribution in [3.8, 4) is 0 Å². The van der Waals surface area contributed by atoms with E-state index in [1.807, 2.05) is 13.0 Å². The third kappa shape index (κ3) is 14.4. The largest absolute Gasteiger partial charge is 0.336 e. The number of hydrogen-bond donors (Lipinski definition) is 3. The lowest BCUT2D eigenvalue weighted by atomic mass is 10.1. The predicted molar refractivity (Wildman–Crippen MR) is 105 cm³/mol. The zero-order valence-corrected chi connectivity index (χ0v) is 17.8. The van der Waals surface area contributed by atoms with Crippen LogP contribution in [0.3, 0.4) is 0 Å². The monoisotopic (exact) mass is 393 g/mol. The third-order valence-electron chi connectivity index (χ3n) is 3.57. The Balaban J connectivity index is 4.31. The van der Waals surface area contributed by atoms with Crippen molar-refractivity contribution in [2.75, 3.05) is 19.6 Å². The minimum atomic E-state index is -4.40. The van der Waals surface area contributed by atoms with Crippen molar-refractivity contribution in [3.05, 3.63) is 34.9 Å². The first-order chi connectivity index (χ1) is 11.5. The molecule has 0 radical (unpaired) electrons. The van der Waals surface area contributed by atoms with Crippen molar-refractivity contribution in [1.82, 2.24) is 5.09 Å². The van der Waals surface area contributed by atoms with Crippen LogP contribution in [0.25, 0.3) is 0 Å². The zero-order valence-electron chi connectivity index (χ0n) is 16.0. The highest BCUT2D eigenvalue weighted by atomic mass is 31.2. The Morgan fingerprint density at radius 3 is 1.96 bits per heavy atom.